The molecule has 0 unspecified atom stereocenters. The molecule has 21 heavy (non-hydrogen) atoms. The summed E-state index contributed by atoms with van der Waals surface area (Å²) in [5, 5.41) is 11.1. The van der Waals surface area contributed by atoms with Crippen molar-refractivity contribution in [2.75, 3.05) is 5.32 Å². The van der Waals surface area contributed by atoms with Crippen molar-refractivity contribution < 1.29 is 27.5 Å². The number of benzene rings is 1. The smallest absolute Gasteiger partial charge is 0.416 e. The lowest BCUT2D eigenvalue weighted by molar-refractivity contribution is -0.137. The van der Waals surface area contributed by atoms with Crippen LogP contribution in [-0.4, -0.2) is 16.1 Å². The van der Waals surface area contributed by atoms with Crippen LogP contribution in [-0.2, 0) is 6.18 Å². The van der Waals surface area contributed by atoms with E-state index < -0.39 is 29.2 Å². The van der Waals surface area contributed by atoms with E-state index in [1.807, 2.05) is 0 Å². The molecule has 0 saturated heterocycles. The molecule has 0 aliphatic heterocycles. The SMILES string of the molecule is O=C(O)c1ccc(Nc2cc(C(F)(F)F)ccc2F)nc1. The molecule has 2 aromatic rings. The Morgan fingerprint density at radius 2 is 1.90 bits per heavy atom. The number of halogens is 4. The van der Waals surface area contributed by atoms with Gasteiger partial charge in [0.1, 0.15) is 11.6 Å². The molecular formula is C13H8F4N2O2. The van der Waals surface area contributed by atoms with Crippen LogP contribution in [0.4, 0.5) is 29.1 Å². The minimum Gasteiger partial charge on any atom is -0.478 e. The Balaban J connectivity index is 2.28. The molecule has 0 saturated carbocycles. The van der Waals surface area contributed by atoms with Gasteiger partial charge in [-0.15, -0.1) is 0 Å². The maximum atomic E-state index is 13.5. The van der Waals surface area contributed by atoms with Crippen LogP contribution < -0.4 is 5.32 Å². The number of hydrogen-bond acceptors (Lipinski definition) is 3. The van der Waals surface area contributed by atoms with E-state index in [1.165, 1.54) is 12.1 Å². The standard InChI is InChI=1S/C13H8F4N2O2/c14-9-3-2-8(13(15,16)17)5-10(9)19-11-4-1-7(6-18-11)12(20)21/h1-6H,(H,18,19)(H,20,21). The molecule has 0 radical (unpaired) electrons. The van der Waals surface area contributed by atoms with Gasteiger partial charge in [0.25, 0.3) is 0 Å². The summed E-state index contributed by atoms with van der Waals surface area (Å²) in [7, 11) is 0. The van der Waals surface area contributed by atoms with Gasteiger partial charge in [-0.05, 0) is 30.3 Å². The second kappa shape index (κ2) is 5.39. The molecule has 0 aliphatic carbocycles. The van der Waals surface area contributed by atoms with Gasteiger partial charge in [0.2, 0.25) is 0 Å². The summed E-state index contributed by atoms with van der Waals surface area (Å²) in [5.74, 6) is -2.05. The van der Waals surface area contributed by atoms with Gasteiger partial charge < -0.3 is 10.4 Å². The Bertz CT molecular complexity index is 669. The number of carboxylic acids is 1. The first-order valence-corrected chi connectivity index (χ1v) is 5.60. The molecule has 0 amide bonds. The quantitative estimate of drug-likeness (QED) is 0.849. The van der Waals surface area contributed by atoms with Crippen molar-refractivity contribution in [2.45, 2.75) is 6.18 Å². The highest BCUT2D eigenvalue weighted by Gasteiger charge is 2.31. The second-order valence-electron chi connectivity index (χ2n) is 4.05. The molecule has 0 spiro atoms. The van der Waals surface area contributed by atoms with Crippen LogP contribution in [0.5, 0.6) is 0 Å². The zero-order valence-corrected chi connectivity index (χ0v) is 10.3. The minimum absolute atomic E-state index is 0.0261. The van der Waals surface area contributed by atoms with Gasteiger partial charge in [-0.25, -0.2) is 14.2 Å². The maximum Gasteiger partial charge on any atom is 0.416 e. The summed E-state index contributed by atoms with van der Waals surface area (Å²) in [5.41, 5.74) is -1.50. The topological polar surface area (TPSA) is 62.2 Å². The van der Waals surface area contributed by atoms with Crippen molar-refractivity contribution in [1.29, 1.82) is 0 Å². The largest absolute Gasteiger partial charge is 0.478 e. The average Bonchev–Trinajstić information content (AvgIpc) is 2.40. The maximum absolute atomic E-state index is 13.5. The number of pyridine rings is 1. The summed E-state index contributed by atoms with van der Waals surface area (Å²) in [6, 6.07) is 4.35. The molecule has 1 aromatic heterocycles. The van der Waals surface area contributed by atoms with Crippen LogP contribution in [0.1, 0.15) is 15.9 Å². The third kappa shape index (κ3) is 3.47. The monoisotopic (exact) mass is 300 g/mol. The minimum atomic E-state index is -4.59. The highest BCUT2D eigenvalue weighted by Crippen LogP contribution is 2.32. The molecule has 0 aliphatic rings. The lowest BCUT2D eigenvalue weighted by Crippen LogP contribution is -2.07. The Labute approximate surface area is 116 Å². The van der Waals surface area contributed by atoms with E-state index in [-0.39, 0.29) is 11.4 Å². The lowest BCUT2D eigenvalue weighted by atomic mass is 10.2. The van der Waals surface area contributed by atoms with Crippen molar-refractivity contribution >= 4 is 17.5 Å². The van der Waals surface area contributed by atoms with Crippen molar-refractivity contribution in [3.05, 3.63) is 53.5 Å². The number of nitrogens with one attached hydrogen (secondary N) is 1. The molecule has 110 valence electrons. The summed E-state index contributed by atoms with van der Waals surface area (Å²) in [6.45, 7) is 0. The van der Waals surface area contributed by atoms with Crippen molar-refractivity contribution in [3.63, 3.8) is 0 Å². The molecule has 8 heteroatoms. The first-order valence-electron chi connectivity index (χ1n) is 5.60. The highest BCUT2D eigenvalue weighted by atomic mass is 19.4. The van der Waals surface area contributed by atoms with E-state index in [2.05, 4.69) is 10.3 Å². The normalized spacial score (nSPS) is 11.2. The van der Waals surface area contributed by atoms with E-state index in [4.69, 9.17) is 5.11 Å². The Morgan fingerprint density at radius 3 is 2.43 bits per heavy atom. The third-order valence-corrected chi connectivity index (χ3v) is 2.57. The predicted molar refractivity (Wildman–Crippen MR) is 65.9 cm³/mol. The van der Waals surface area contributed by atoms with E-state index >= 15 is 0 Å². The number of nitrogens with zero attached hydrogens (tertiary/aromatic N) is 1. The average molecular weight is 300 g/mol. The fraction of sp³-hybridized carbons (Fsp3) is 0.0769. The highest BCUT2D eigenvalue weighted by molar-refractivity contribution is 5.87. The summed E-state index contributed by atoms with van der Waals surface area (Å²) in [6.07, 6.45) is -3.58. The number of aromatic carboxylic acids is 1. The van der Waals surface area contributed by atoms with Gasteiger partial charge in [0, 0.05) is 6.20 Å². The summed E-state index contributed by atoms with van der Waals surface area (Å²) in [4.78, 5) is 14.3. The number of anilines is 2. The molecule has 2 N–H and O–H groups in total. The van der Waals surface area contributed by atoms with Crippen LogP contribution in [0.3, 0.4) is 0 Å². The number of alkyl halides is 3. The van der Waals surface area contributed by atoms with Gasteiger partial charge in [0.05, 0.1) is 16.8 Å². The molecule has 0 bridgehead atoms. The third-order valence-electron chi connectivity index (χ3n) is 2.57. The Morgan fingerprint density at radius 1 is 1.19 bits per heavy atom. The van der Waals surface area contributed by atoms with Crippen LogP contribution >= 0.6 is 0 Å². The molecule has 1 heterocycles. The number of rotatable bonds is 3. The first-order chi connectivity index (χ1) is 9.77. The Hall–Kier alpha value is -2.64. The molecule has 0 atom stereocenters. The molecule has 2 rings (SSSR count). The Kier molecular flexibility index (Phi) is 3.79. The molecule has 0 fully saturated rings. The number of carbonyl (C=O) groups is 1. The van der Waals surface area contributed by atoms with E-state index in [0.29, 0.717) is 18.2 Å². The first kappa shape index (κ1) is 14.8. The van der Waals surface area contributed by atoms with Gasteiger partial charge in [0.15, 0.2) is 0 Å². The fourth-order valence-electron chi connectivity index (χ4n) is 1.53. The lowest BCUT2D eigenvalue weighted by Gasteiger charge is -2.11. The van der Waals surface area contributed by atoms with E-state index in [9.17, 15) is 22.4 Å². The second-order valence-corrected chi connectivity index (χ2v) is 4.05. The van der Waals surface area contributed by atoms with Crippen LogP contribution in [0.25, 0.3) is 0 Å². The fourth-order valence-corrected chi connectivity index (χ4v) is 1.53. The van der Waals surface area contributed by atoms with E-state index in [1.54, 1.807) is 0 Å². The number of aromatic nitrogens is 1. The molecule has 4 nitrogen and oxygen atoms in total. The van der Waals surface area contributed by atoms with Crippen LogP contribution in [0, 0.1) is 5.82 Å². The number of hydrogen-bond donors (Lipinski definition) is 2. The zero-order valence-electron chi connectivity index (χ0n) is 10.3. The van der Waals surface area contributed by atoms with Crippen LogP contribution in [0.2, 0.25) is 0 Å². The van der Waals surface area contributed by atoms with Crippen molar-refractivity contribution in [2.24, 2.45) is 0 Å². The predicted octanol–water partition coefficient (Wildman–Crippen LogP) is 3.68. The van der Waals surface area contributed by atoms with Gasteiger partial charge in [-0.1, -0.05) is 0 Å². The molecular weight excluding hydrogens is 292 g/mol. The molecule has 1 aromatic carbocycles. The summed E-state index contributed by atoms with van der Waals surface area (Å²) >= 11 is 0. The zero-order chi connectivity index (χ0) is 15.6. The van der Waals surface area contributed by atoms with Gasteiger partial charge in [-0.2, -0.15) is 13.2 Å². The van der Waals surface area contributed by atoms with Crippen LogP contribution in [0.15, 0.2) is 36.5 Å². The summed E-state index contributed by atoms with van der Waals surface area (Å²) < 4.78 is 51.1. The van der Waals surface area contributed by atoms with E-state index in [0.717, 1.165) is 6.20 Å². The van der Waals surface area contributed by atoms with Gasteiger partial charge in [-0.3, -0.25) is 0 Å². The van der Waals surface area contributed by atoms with Gasteiger partial charge >= 0.3 is 12.1 Å². The number of carboxylic acid groups (broad SMARTS) is 1. The van der Waals surface area contributed by atoms with Crippen molar-refractivity contribution in [1.82, 2.24) is 4.98 Å². The van der Waals surface area contributed by atoms with Crippen molar-refractivity contribution in [3.8, 4) is 0 Å².